The molecule has 282 valence electrons. The summed E-state index contributed by atoms with van der Waals surface area (Å²) >= 11 is 0. The Morgan fingerprint density at radius 3 is 2.56 bits per heavy atom. The van der Waals surface area contributed by atoms with Gasteiger partial charge in [-0.05, 0) is 76.1 Å². The molecular formula is C39H46N10O5. The first kappa shape index (κ1) is 35.5. The Labute approximate surface area is 312 Å². The Kier molecular flexibility index (Phi) is 9.65. The number of aromatic nitrogens is 6. The number of hydrogen-bond donors (Lipinski definition) is 2. The van der Waals surface area contributed by atoms with Gasteiger partial charge in [-0.2, -0.15) is 5.10 Å². The van der Waals surface area contributed by atoms with Gasteiger partial charge in [0.15, 0.2) is 0 Å². The van der Waals surface area contributed by atoms with Crippen molar-refractivity contribution >= 4 is 51.0 Å². The Morgan fingerprint density at radius 2 is 1.83 bits per heavy atom. The molecule has 0 spiro atoms. The van der Waals surface area contributed by atoms with E-state index < -0.39 is 11.9 Å². The average Bonchev–Trinajstić information content (AvgIpc) is 3.72. The lowest BCUT2D eigenvalue weighted by Gasteiger charge is -2.40. The van der Waals surface area contributed by atoms with Crippen LogP contribution in [0.5, 0.6) is 5.75 Å². The third kappa shape index (κ3) is 6.72. The number of piperidine rings is 2. The molecule has 1 aliphatic carbocycles. The van der Waals surface area contributed by atoms with Crippen molar-refractivity contribution in [2.24, 2.45) is 13.0 Å². The van der Waals surface area contributed by atoms with Gasteiger partial charge in [-0.3, -0.25) is 38.5 Å². The van der Waals surface area contributed by atoms with Crippen molar-refractivity contribution in [2.45, 2.75) is 69.5 Å². The number of hydrogen-bond acceptors (Lipinski definition) is 10. The van der Waals surface area contributed by atoms with Gasteiger partial charge in [-0.25, -0.2) is 9.78 Å². The van der Waals surface area contributed by atoms with Gasteiger partial charge in [-0.1, -0.05) is 6.07 Å². The highest BCUT2D eigenvalue weighted by Gasteiger charge is 2.33. The van der Waals surface area contributed by atoms with Crippen LogP contribution in [0, 0.1) is 5.92 Å². The number of amides is 3. The number of para-hydroxylation sites is 1. The summed E-state index contributed by atoms with van der Waals surface area (Å²) in [5.41, 5.74) is 3.92. The molecular weight excluding hydrogens is 688 g/mol. The Hall–Kier alpha value is -5.57. The second-order valence-corrected chi connectivity index (χ2v) is 14.9. The van der Waals surface area contributed by atoms with Gasteiger partial charge in [0, 0.05) is 69.2 Å². The molecule has 5 aromatic rings. The lowest BCUT2D eigenvalue weighted by molar-refractivity contribution is -0.135. The summed E-state index contributed by atoms with van der Waals surface area (Å²) in [7, 11) is 5.60. The van der Waals surface area contributed by atoms with E-state index in [2.05, 4.69) is 54.4 Å². The number of nitrogens with zero attached hydrogens (tertiary/aromatic N) is 8. The molecule has 0 radical (unpaired) electrons. The van der Waals surface area contributed by atoms with E-state index in [1.807, 2.05) is 24.3 Å². The molecule has 1 atom stereocenters. The molecule has 3 aliphatic rings. The van der Waals surface area contributed by atoms with E-state index >= 15 is 0 Å². The summed E-state index contributed by atoms with van der Waals surface area (Å²) in [6, 6.07) is 9.77. The van der Waals surface area contributed by atoms with Crippen LogP contribution in [0.2, 0.25) is 0 Å². The van der Waals surface area contributed by atoms with Crippen LogP contribution < -0.4 is 26.0 Å². The number of rotatable bonds is 9. The van der Waals surface area contributed by atoms with Gasteiger partial charge < -0.3 is 19.9 Å². The topological polar surface area (TPSA) is 162 Å². The zero-order chi connectivity index (χ0) is 37.5. The Bertz CT molecular complexity index is 2260. The van der Waals surface area contributed by atoms with Crippen molar-refractivity contribution in [2.75, 3.05) is 44.0 Å². The zero-order valence-corrected chi connectivity index (χ0v) is 30.9. The van der Waals surface area contributed by atoms with E-state index in [1.54, 1.807) is 23.3 Å². The van der Waals surface area contributed by atoms with Crippen molar-refractivity contribution in [1.29, 1.82) is 0 Å². The number of carbonyl (C=O) groups is 3. The highest BCUT2D eigenvalue weighted by molar-refractivity contribution is 6.05. The fraction of sp³-hybridized carbons (Fsp3) is 0.462. The van der Waals surface area contributed by atoms with Crippen LogP contribution in [0.4, 0.5) is 11.4 Å². The molecule has 1 saturated carbocycles. The van der Waals surface area contributed by atoms with Crippen LogP contribution in [0.1, 0.15) is 73.9 Å². The largest absolute Gasteiger partial charge is 0.494 e. The molecule has 15 heteroatoms. The van der Waals surface area contributed by atoms with Crippen molar-refractivity contribution in [3.05, 3.63) is 71.3 Å². The average molecular weight is 735 g/mol. The monoisotopic (exact) mass is 734 g/mol. The number of carbonyl (C=O) groups excluding carboxylic acids is 3. The summed E-state index contributed by atoms with van der Waals surface area (Å²) in [5, 5.41) is 11.1. The molecule has 1 unspecified atom stereocenters. The fourth-order valence-electron chi connectivity index (χ4n) is 8.73. The number of imidazole rings is 1. The van der Waals surface area contributed by atoms with Gasteiger partial charge in [0.1, 0.15) is 17.5 Å². The molecule has 3 amide bonds. The predicted molar refractivity (Wildman–Crippen MR) is 204 cm³/mol. The minimum Gasteiger partial charge on any atom is -0.494 e. The number of anilines is 2. The molecule has 2 N–H and O–H groups in total. The SMILES string of the molecule is COc1cc2nn([C@H]3CC[C@H](CN(C)C4CCN(c5cccc6c5n(C)c(=O)n6C5CCC(=O)NC5=O)CC4)CC3)cc2cc1NC(=O)c1cnccn1. The minimum atomic E-state index is -0.697. The maximum Gasteiger partial charge on any atom is 0.329 e. The first-order chi connectivity index (χ1) is 26.2. The van der Waals surface area contributed by atoms with Crippen molar-refractivity contribution in [3.8, 4) is 5.75 Å². The number of aryl methyl sites for hydroxylation is 1. The maximum absolute atomic E-state index is 13.4. The first-order valence-electron chi connectivity index (χ1n) is 18.8. The van der Waals surface area contributed by atoms with Gasteiger partial charge in [-0.15, -0.1) is 0 Å². The molecule has 0 bridgehead atoms. The van der Waals surface area contributed by atoms with Crippen LogP contribution >= 0.6 is 0 Å². The molecule has 2 aliphatic heterocycles. The van der Waals surface area contributed by atoms with Crippen molar-refractivity contribution < 1.29 is 19.1 Å². The number of ether oxygens (including phenoxy) is 1. The summed E-state index contributed by atoms with van der Waals surface area (Å²) in [4.78, 5) is 63.7. The highest BCUT2D eigenvalue weighted by atomic mass is 16.5. The fourth-order valence-corrected chi connectivity index (χ4v) is 8.73. The lowest BCUT2D eigenvalue weighted by Crippen LogP contribution is -2.45. The van der Waals surface area contributed by atoms with Crippen LogP contribution in [-0.4, -0.2) is 91.3 Å². The third-order valence-corrected chi connectivity index (χ3v) is 11.7. The molecule has 5 heterocycles. The van der Waals surface area contributed by atoms with Gasteiger partial charge in [0.25, 0.3) is 5.91 Å². The number of fused-ring (bicyclic) bond motifs is 2. The highest BCUT2D eigenvalue weighted by Crippen LogP contribution is 2.37. The van der Waals surface area contributed by atoms with Crippen LogP contribution in [0.15, 0.2) is 59.9 Å². The Morgan fingerprint density at radius 1 is 1.04 bits per heavy atom. The van der Waals surface area contributed by atoms with E-state index in [0.717, 1.165) is 85.8 Å². The smallest absolute Gasteiger partial charge is 0.329 e. The number of nitrogens with one attached hydrogen (secondary N) is 2. The van der Waals surface area contributed by atoms with Gasteiger partial charge in [0.2, 0.25) is 11.8 Å². The van der Waals surface area contributed by atoms with Gasteiger partial charge in [0.05, 0.1) is 47.3 Å². The standard InChI is InChI=1S/C39H46N10O5/c1-45(26-13-17-47(18-14-26)31-5-4-6-32-36(31)46(2)39(53)49(32)33-11-12-35(50)43-38(33)52)22-24-7-9-27(10-8-24)48-23-25-19-29(34(54-3)20-28(25)44-48)42-37(51)30-21-40-15-16-41-30/h4-6,15-16,19-21,23-24,26-27,33H,7-14,17-18,22H2,1-3H3,(H,42,51)(H,43,50,52)/t24-,27-,33?. The summed E-state index contributed by atoms with van der Waals surface area (Å²) in [6.07, 6.45) is 13.5. The van der Waals surface area contributed by atoms with Gasteiger partial charge >= 0.3 is 5.69 Å². The van der Waals surface area contributed by atoms with Crippen LogP contribution in [0.25, 0.3) is 21.9 Å². The van der Waals surface area contributed by atoms with Crippen molar-refractivity contribution in [1.82, 2.24) is 39.1 Å². The molecule has 3 fully saturated rings. The maximum atomic E-state index is 13.4. The zero-order valence-electron chi connectivity index (χ0n) is 30.9. The summed E-state index contributed by atoms with van der Waals surface area (Å²) < 4.78 is 10.9. The number of imide groups is 1. The molecule has 2 saturated heterocycles. The Balaban J connectivity index is 0.868. The second kappa shape index (κ2) is 14.7. The summed E-state index contributed by atoms with van der Waals surface area (Å²) in [6.45, 7) is 2.81. The lowest BCUT2D eigenvalue weighted by atomic mass is 9.85. The molecule has 15 nitrogen and oxygen atoms in total. The van der Waals surface area contributed by atoms with E-state index in [1.165, 1.54) is 18.6 Å². The molecule has 2 aromatic carbocycles. The molecule has 8 rings (SSSR count). The minimum absolute atomic E-state index is 0.218. The number of benzene rings is 2. The van der Waals surface area contributed by atoms with E-state index in [0.29, 0.717) is 35.9 Å². The normalized spacial score (nSPS) is 21.2. The quantitative estimate of drug-likeness (QED) is 0.212. The van der Waals surface area contributed by atoms with Crippen LogP contribution in [0.3, 0.4) is 0 Å². The molecule has 3 aromatic heterocycles. The first-order valence-corrected chi connectivity index (χ1v) is 18.8. The van der Waals surface area contributed by atoms with E-state index in [9.17, 15) is 19.2 Å². The van der Waals surface area contributed by atoms with E-state index in [4.69, 9.17) is 9.84 Å². The van der Waals surface area contributed by atoms with E-state index in [-0.39, 0.29) is 29.6 Å². The van der Waals surface area contributed by atoms with Crippen molar-refractivity contribution in [3.63, 3.8) is 0 Å². The predicted octanol–water partition coefficient (Wildman–Crippen LogP) is 4.05. The third-order valence-electron chi connectivity index (χ3n) is 11.7. The van der Waals surface area contributed by atoms with Crippen LogP contribution in [-0.2, 0) is 16.6 Å². The molecule has 54 heavy (non-hydrogen) atoms. The second-order valence-electron chi connectivity index (χ2n) is 14.9. The number of methoxy groups -OCH3 is 1. The summed E-state index contributed by atoms with van der Waals surface area (Å²) in [5.74, 6) is 0.0852.